The van der Waals surface area contributed by atoms with Gasteiger partial charge in [0, 0.05) is 16.8 Å². The number of likely N-dealkylation sites (N-methyl/N-ethyl adjacent to an activating group) is 1. The molecule has 2 atom stereocenters. The number of Topliss-reactive ketones (excluding diaryl/α,β-unsaturated/α-hetero) is 1. The Morgan fingerprint density at radius 1 is 1.17 bits per heavy atom. The summed E-state index contributed by atoms with van der Waals surface area (Å²) in [4.78, 5) is 24.7. The molecule has 2 aromatic rings. The van der Waals surface area contributed by atoms with Gasteiger partial charge in [0.05, 0.1) is 7.05 Å². The van der Waals surface area contributed by atoms with E-state index in [4.69, 9.17) is 0 Å². The zero-order valence-electron chi connectivity index (χ0n) is 14.1. The smallest absolute Gasteiger partial charge is 0.282 e. The largest absolute Gasteiger partial charge is 0.324 e. The van der Waals surface area contributed by atoms with Crippen LogP contribution in [-0.4, -0.2) is 24.8 Å². The molecule has 2 rings (SSSR count). The minimum atomic E-state index is -0.370. The fourth-order valence-corrected chi connectivity index (χ4v) is 2.39. The Hall–Kier alpha value is -2.53. The van der Waals surface area contributed by atoms with Gasteiger partial charge in [-0.25, -0.2) is 4.39 Å². The van der Waals surface area contributed by atoms with Gasteiger partial charge >= 0.3 is 0 Å². The lowest BCUT2D eigenvalue weighted by molar-refractivity contribution is -0.908. The highest BCUT2D eigenvalue weighted by atomic mass is 19.1. The molecule has 0 aliphatic heterocycles. The third kappa shape index (κ3) is 4.49. The van der Waals surface area contributed by atoms with Crippen LogP contribution in [0.5, 0.6) is 0 Å². The molecule has 0 aliphatic rings. The average Bonchev–Trinajstić information content (AvgIpc) is 2.56. The predicted octanol–water partition coefficient (Wildman–Crippen LogP) is 2.07. The van der Waals surface area contributed by atoms with Gasteiger partial charge in [0.1, 0.15) is 12.4 Å². The van der Waals surface area contributed by atoms with Crippen LogP contribution in [0, 0.1) is 5.82 Å². The first kappa shape index (κ1) is 17.8. The molecule has 0 fully saturated rings. The second-order valence-corrected chi connectivity index (χ2v) is 5.96. The zero-order valence-corrected chi connectivity index (χ0v) is 14.1. The Labute approximate surface area is 141 Å². The summed E-state index contributed by atoms with van der Waals surface area (Å²) in [6.07, 6.45) is 0. The normalized spacial score (nSPS) is 13.2. The molecule has 24 heavy (non-hydrogen) atoms. The van der Waals surface area contributed by atoms with E-state index in [0.29, 0.717) is 23.4 Å². The lowest BCUT2D eigenvalue weighted by atomic mass is 10.1. The summed E-state index contributed by atoms with van der Waals surface area (Å²) < 4.78 is 13.7. The Balaban J connectivity index is 2.02. The monoisotopic (exact) mass is 329 g/mol. The number of hydrogen-bond donors (Lipinski definition) is 2. The first-order valence-corrected chi connectivity index (χ1v) is 7.86. The minimum Gasteiger partial charge on any atom is -0.324 e. The number of rotatable bonds is 6. The maximum Gasteiger partial charge on any atom is 0.282 e. The highest BCUT2D eigenvalue weighted by molar-refractivity contribution is 5.97. The molecule has 2 N–H and O–H groups in total. The van der Waals surface area contributed by atoms with E-state index in [-0.39, 0.29) is 23.5 Å². The second-order valence-electron chi connectivity index (χ2n) is 5.96. The van der Waals surface area contributed by atoms with Gasteiger partial charge in [-0.05, 0) is 32.0 Å². The van der Waals surface area contributed by atoms with Crippen LogP contribution in [-0.2, 0) is 11.3 Å². The van der Waals surface area contributed by atoms with E-state index in [9.17, 15) is 14.0 Å². The van der Waals surface area contributed by atoms with E-state index in [1.165, 1.54) is 13.0 Å². The summed E-state index contributed by atoms with van der Waals surface area (Å²) in [6, 6.07) is 13.0. The third-order valence-electron chi connectivity index (χ3n) is 4.10. The fourth-order valence-electron chi connectivity index (χ4n) is 2.39. The van der Waals surface area contributed by atoms with E-state index in [2.05, 4.69) is 5.32 Å². The van der Waals surface area contributed by atoms with Crippen LogP contribution in [0.4, 0.5) is 10.1 Å². The number of hydrogen-bond acceptors (Lipinski definition) is 2. The molecule has 0 radical (unpaired) electrons. The average molecular weight is 329 g/mol. The molecular formula is C19H22FN2O2+. The molecule has 1 amide bonds. The number of carbonyl (C=O) groups excluding carboxylic acids is 2. The summed E-state index contributed by atoms with van der Waals surface area (Å²) in [5.41, 5.74) is 1.71. The number of nitrogens with one attached hydrogen (secondary N) is 2. The fraction of sp³-hybridized carbons (Fsp3) is 0.263. The van der Waals surface area contributed by atoms with Crippen LogP contribution in [0.3, 0.4) is 0 Å². The van der Waals surface area contributed by atoms with Gasteiger partial charge in [-0.2, -0.15) is 0 Å². The molecule has 0 spiro atoms. The van der Waals surface area contributed by atoms with Crippen LogP contribution < -0.4 is 10.2 Å². The molecule has 0 heterocycles. The van der Waals surface area contributed by atoms with Gasteiger partial charge in [-0.3, -0.25) is 9.59 Å². The number of anilines is 1. The van der Waals surface area contributed by atoms with Crippen LogP contribution in [0.1, 0.15) is 29.8 Å². The second kappa shape index (κ2) is 7.84. The van der Waals surface area contributed by atoms with E-state index >= 15 is 0 Å². The quantitative estimate of drug-likeness (QED) is 0.797. The Morgan fingerprint density at radius 3 is 2.54 bits per heavy atom. The first-order chi connectivity index (χ1) is 11.4. The molecule has 0 bridgehead atoms. The predicted molar refractivity (Wildman–Crippen MR) is 91.5 cm³/mol. The van der Waals surface area contributed by atoms with Crippen LogP contribution in [0.2, 0.25) is 0 Å². The van der Waals surface area contributed by atoms with Gasteiger partial charge < -0.3 is 10.2 Å². The standard InChI is InChI=1S/C19H21FN2O2/c1-13(22(3)12-16-7-4-5-10-18(16)20)19(24)21-17-9-6-8-15(11-17)14(2)23/h4-11,13H,12H2,1-3H3,(H,21,24)/p+1/t13-/m0/s1. The molecular weight excluding hydrogens is 307 g/mol. The van der Waals surface area contributed by atoms with Crippen molar-refractivity contribution in [3.8, 4) is 0 Å². The van der Waals surface area contributed by atoms with Gasteiger partial charge in [0.25, 0.3) is 5.91 Å². The van der Waals surface area contributed by atoms with E-state index < -0.39 is 0 Å². The van der Waals surface area contributed by atoms with Crippen molar-refractivity contribution in [2.24, 2.45) is 0 Å². The van der Waals surface area contributed by atoms with Gasteiger partial charge in [-0.1, -0.05) is 30.3 Å². The number of quaternary nitrogens is 1. The van der Waals surface area contributed by atoms with Gasteiger partial charge in [0.15, 0.2) is 11.8 Å². The maximum atomic E-state index is 13.7. The van der Waals surface area contributed by atoms with E-state index in [1.807, 2.05) is 7.05 Å². The van der Waals surface area contributed by atoms with Gasteiger partial charge in [0.2, 0.25) is 0 Å². The number of benzene rings is 2. The summed E-state index contributed by atoms with van der Waals surface area (Å²) >= 11 is 0. The van der Waals surface area contributed by atoms with Crippen molar-refractivity contribution >= 4 is 17.4 Å². The summed E-state index contributed by atoms with van der Waals surface area (Å²) in [7, 11) is 1.85. The molecule has 4 nitrogen and oxygen atoms in total. The zero-order chi connectivity index (χ0) is 17.7. The SMILES string of the molecule is CC(=O)c1cccc(NC(=O)[C@H](C)[NH+](C)Cc2ccccc2F)c1. The summed E-state index contributed by atoms with van der Waals surface area (Å²) in [5, 5.41) is 2.81. The van der Waals surface area contributed by atoms with Crippen LogP contribution in [0.15, 0.2) is 48.5 Å². The van der Waals surface area contributed by atoms with Gasteiger partial charge in [-0.15, -0.1) is 0 Å². The Kier molecular flexibility index (Phi) is 5.82. The van der Waals surface area contributed by atoms with Crippen molar-refractivity contribution in [2.75, 3.05) is 12.4 Å². The maximum absolute atomic E-state index is 13.7. The summed E-state index contributed by atoms with van der Waals surface area (Å²) in [5.74, 6) is -0.496. The molecule has 0 saturated carbocycles. The van der Waals surface area contributed by atoms with Crippen molar-refractivity contribution in [2.45, 2.75) is 26.4 Å². The minimum absolute atomic E-state index is 0.0542. The number of amides is 1. The molecule has 0 saturated heterocycles. The van der Waals surface area contributed by atoms with Crippen molar-refractivity contribution in [3.05, 3.63) is 65.5 Å². The molecule has 0 aliphatic carbocycles. The Bertz CT molecular complexity index is 746. The van der Waals surface area contributed by atoms with Crippen molar-refractivity contribution in [3.63, 3.8) is 0 Å². The third-order valence-corrected chi connectivity index (χ3v) is 4.10. The van der Waals surface area contributed by atoms with Crippen LogP contribution in [0.25, 0.3) is 0 Å². The van der Waals surface area contributed by atoms with E-state index in [1.54, 1.807) is 49.4 Å². The molecule has 0 aromatic heterocycles. The molecule has 126 valence electrons. The lowest BCUT2D eigenvalue weighted by Gasteiger charge is -2.21. The topological polar surface area (TPSA) is 50.6 Å². The van der Waals surface area contributed by atoms with Crippen molar-refractivity contribution in [1.82, 2.24) is 0 Å². The Morgan fingerprint density at radius 2 is 1.88 bits per heavy atom. The lowest BCUT2D eigenvalue weighted by Crippen LogP contribution is -3.12. The summed E-state index contributed by atoms with van der Waals surface area (Å²) in [6.45, 7) is 3.69. The molecule has 1 unspecified atom stereocenters. The van der Waals surface area contributed by atoms with Crippen LogP contribution >= 0.6 is 0 Å². The highest BCUT2D eigenvalue weighted by Crippen LogP contribution is 2.11. The van der Waals surface area contributed by atoms with Crippen molar-refractivity contribution < 1.29 is 18.9 Å². The molecule has 2 aromatic carbocycles. The van der Waals surface area contributed by atoms with Crippen molar-refractivity contribution in [1.29, 1.82) is 0 Å². The number of halogens is 1. The van der Waals surface area contributed by atoms with E-state index in [0.717, 1.165) is 4.90 Å². The first-order valence-electron chi connectivity index (χ1n) is 7.86. The highest BCUT2D eigenvalue weighted by Gasteiger charge is 2.23. The number of ketones is 1. The molecule has 5 heteroatoms. The number of carbonyl (C=O) groups is 2.